The molecule has 2 nitrogen and oxygen atoms in total. The van der Waals surface area contributed by atoms with Gasteiger partial charge >= 0.3 is 0 Å². The van der Waals surface area contributed by atoms with Crippen LogP contribution in [0.15, 0.2) is 60.7 Å². The SMILES string of the molecule is C[C@H](Oc1ccccc1)[C@H](O[SiH3])c1ccccc1. The normalized spacial score (nSPS) is 14.1. The van der Waals surface area contributed by atoms with Gasteiger partial charge in [0.05, 0.1) is 0 Å². The lowest BCUT2D eigenvalue weighted by molar-refractivity contribution is 0.0721. The maximum atomic E-state index is 5.92. The third kappa shape index (κ3) is 3.21. The van der Waals surface area contributed by atoms with Gasteiger partial charge in [-0.3, -0.25) is 0 Å². The molecule has 0 radical (unpaired) electrons. The predicted octanol–water partition coefficient (Wildman–Crippen LogP) is 2.49. The van der Waals surface area contributed by atoms with Gasteiger partial charge in [-0.25, -0.2) is 0 Å². The van der Waals surface area contributed by atoms with Gasteiger partial charge in [-0.2, -0.15) is 0 Å². The number of para-hydroxylation sites is 1. The molecule has 0 unspecified atom stereocenters. The van der Waals surface area contributed by atoms with Crippen LogP contribution in [0.25, 0.3) is 0 Å². The average molecular weight is 258 g/mol. The first-order valence-electron chi connectivity index (χ1n) is 6.10. The fourth-order valence-corrected chi connectivity index (χ4v) is 2.67. The molecule has 0 aliphatic rings. The lowest BCUT2D eigenvalue weighted by Crippen LogP contribution is -2.23. The fraction of sp³-hybridized carbons (Fsp3) is 0.200. The molecule has 0 N–H and O–H groups in total. The van der Waals surface area contributed by atoms with Crippen molar-refractivity contribution in [2.24, 2.45) is 0 Å². The van der Waals surface area contributed by atoms with Gasteiger partial charge in [0.25, 0.3) is 0 Å². The molecule has 2 atom stereocenters. The highest BCUT2D eigenvalue weighted by Crippen LogP contribution is 2.24. The van der Waals surface area contributed by atoms with Gasteiger partial charge in [-0.05, 0) is 24.6 Å². The second-order valence-electron chi connectivity index (χ2n) is 4.20. The molecule has 0 saturated heterocycles. The minimum Gasteiger partial charge on any atom is -0.488 e. The molecule has 0 aliphatic carbocycles. The van der Waals surface area contributed by atoms with Gasteiger partial charge in [0.15, 0.2) is 0 Å². The molecule has 0 aliphatic heterocycles. The van der Waals surface area contributed by atoms with E-state index in [0.717, 1.165) is 11.3 Å². The van der Waals surface area contributed by atoms with E-state index in [1.807, 2.05) is 55.5 Å². The molecule has 0 saturated carbocycles. The molecule has 0 amide bonds. The van der Waals surface area contributed by atoms with Gasteiger partial charge in [0.1, 0.15) is 28.4 Å². The first-order chi connectivity index (χ1) is 8.81. The van der Waals surface area contributed by atoms with Crippen molar-refractivity contribution >= 4 is 10.5 Å². The Balaban J connectivity index is 2.09. The van der Waals surface area contributed by atoms with Crippen LogP contribution >= 0.6 is 0 Å². The van der Waals surface area contributed by atoms with Crippen molar-refractivity contribution in [3.8, 4) is 5.75 Å². The van der Waals surface area contributed by atoms with Gasteiger partial charge < -0.3 is 9.16 Å². The summed E-state index contributed by atoms with van der Waals surface area (Å²) in [6.45, 7) is 2.04. The molecule has 0 heterocycles. The number of hydrogen-bond donors (Lipinski definition) is 0. The number of benzene rings is 2. The van der Waals surface area contributed by atoms with E-state index in [9.17, 15) is 0 Å². The second kappa shape index (κ2) is 6.38. The largest absolute Gasteiger partial charge is 0.488 e. The Bertz CT molecular complexity index is 458. The van der Waals surface area contributed by atoms with Crippen LogP contribution in [0.2, 0.25) is 0 Å². The Morgan fingerprint density at radius 2 is 1.44 bits per heavy atom. The predicted molar refractivity (Wildman–Crippen MR) is 76.7 cm³/mol. The Hall–Kier alpha value is -1.58. The van der Waals surface area contributed by atoms with Crippen molar-refractivity contribution in [3.63, 3.8) is 0 Å². The van der Waals surface area contributed by atoms with E-state index >= 15 is 0 Å². The van der Waals surface area contributed by atoms with Crippen LogP contribution in [0, 0.1) is 0 Å². The summed E-state index contributed by atoms with van der Waals surface area (Å²) in [5, 5.41) is 0. The van der Waals surface area contributed by atoms with Gasteiger partial charge in [0.2, 0.25) is 0 Å². The van der Waals surface area contributed by atoms with Crippen LogP contribution in [0.5, 0.6) is 5.75 Å². The summed E-state index contributed by atoms with van der Waals surface area (Å²) in [6.07, 6.45) is -0.00891. The maximum absolute atomic E-state index is 5.92. The summed E-state index contributed by atoms with van der Waals surface area (Å²) in [6, 6.07) is 20.1. The molecule has 94 valence electrons. The van der Waals surface area contributed by atoms with E-state index in [4.69, 9.17) is 9.16 Å². The Morgan fingerprint density at radius 1 is 0.889 bits per heavy atom. The third-order valence-corrected chi connectivity index (χ3v) is 3.38. The molecule has 2 aromatic rings. The van der Waals surface area contributed by atoms with E-state index in [0.29, 0.717) is 10.5 Å². The van der Waals surface area contributed by atoms with Gasteiger partial charge in [-0.15, -0.1) is 0 Å². The quantitative estimate of drug-likeness (QED) is 0.767. The zero-order chi connectivity index (χ0) is 12.8. The fourth-order valence-electron chi connectivity index (χ4n) is 2.02. The minimum atomic E-state index is -0.00713. The van der Waals surface area contributed by atoms with Crippen molar-refractivity contribution < 1.29 is 9.16 Å². The Labute approximate surface area is 111 Å². The molecule has 0 aromatic heterocycles. The molecule has 18 heavy (non-hydrogen) atoms. The van der Waals surface area contributed by atoms with Crippen molar-refractivity contribution in [3.05, 3.63) is 66.2 Å². The molecule has 0 fully saturated rings. The summed E-state index contributed by atoms with van der Waals surface area (Å²) in [5.74, 6) is 0.879. The lowest BCUT2D eigenvalue weighted by atomic mass is 10.1. The standard InChI is InChI=1S/C15H18O2Si/c1-12(16-14-10-6-3-7-11-14)15(17-18)13-8-4-2-5-9-13/h2-12,15H,1,18H3/t12-,15-/m0/s1. The molecule has 0 spiro atoms. The monoisotopic (exact) mass is 258 g/mol. The van der Waals surface area contributed by atoms with Crippen LogP contribution in [-0.2, 0) is 4.43 Å². The Kier molecular flexibility index (Phi) is 4.56. The van der Waals surface area contributed by atoms with Gasteiger partial charge in [0, 0.05) is 0 Å². The Morgan fingerprint density at radius 3 is 2.00 bits per heavy atom. The minimum absolute atomic E-state index is 0.00178. The van der Waals surface area contributed by atoms with Gasteiger partial charge in [-0.1, -0.05) is 48.5 Å². The maximum Gasteiger partial charge on any atom is 0.147 e. The molecule has 2 rings (SSSR count). The third-order valence-electron chi connectivity index (χ3n) is 2.87. The van der Waals surface area contributed by atoms with Crippen LogP contribution in [0.3, 0.4) is 0 Å². The van der Waals surface area contributed by atoms with E-state index in [1.165, 1.54) is 0 Å². The molecule has 0 bridgehead atoms. The smallest absolute Gasteiger partial charge is 0.147 e. The van der Waals surface area contributed by atoms with Crippen LogP contribution in [0.4, 0.5) is 0 Å². The van der Waals surface area contributed by atoms with E-state index in [2.05, 4.69) is 12.1 Å². The summed E-state index contributed by atoms with van der Waals surface area (Å²) in [7, 11) is 0.692. The average Bonchev–Trinajstić information content (AvgIpc) is 2.42. The first-order valence-corrected chi connectivity index (χ1v) is 6.92. The number of hydrogen-bond acceptors (Lipinski definition) is 2. The highest BCUT2D eigenvalue weighted by Gasteiger charge is 2.19. The highest BCUT2D eigenvalue weighted by molar-refractivity contribution is 5.98. The zero-order valence-corrected chi connectivity index (χ0v) is 12.7. The van der Waals surface area contributed by atoms with Crippen LogP contribution in [0.1, 0.15) is 18.6 Å². The molecular weight excluding hydrogens is 240 g/mol. The van der Waals surface area contributed by atoms with E-state index < -0.39 is 0 Å². The summed E-state index contributed by atoms with van der Waals surface area (Å²) < 4.78 is 11.6. The summed E-state index contributed by atoms with van der Waals surface area (Å²) in [5.41, 5.74) is 1.16. The van der Waals surface area contributed by atoms with Crippen molar-refractivity contribution in [2.75, 3.05) is 0 Å². The lowest BCUT2D eigenvalue weighted by Gasteiger charge is -2.24. The van der Waals surface area contributed by atoms with E-state index in [-0.39, 0.29) is 12.2 Å². The molecule has 2 aromatic carbocycles. The van der Waals surface area contributed by atoms with E-state index in [1.54, 1.807) is 0 Å². The van der Waals surface area contributed by atoms with Crippen molar-refractivity contribution in [2.45, 2.75) is 19.1 Å². The van der Waals surface area contributed by atoms with Crippen LogP contribution in [-0.4, -0.2) is 16.6 Å². The van der Waals surface area contributed by atoms with Crippen LogP contribution < -0.4 is 4.74 Å². The zero-order valence-electron chi connectivity index (χ0n) is 10.7. The molecule has 3 heteroatoms. The van der Waals surface area contributed by atoms with Crippen molar-refractivity contribution in [1.29, 1.82) is 0 Å². The summed E-state index contributed by atoms with van der Waals surface area (Å²) >= 11 is 0. The summed E-state index contributed by atoms with van der Waals surface area (Å²) in [4.78, 5) is 0. The topological polar surface area (TPSA) is 18.5 Å². The molecular formula is C15H18O2Si. The second-order valence-corrected chi connectivity index (χ2v) is 4.67. The highest BCUT2D eigenvalue weighted by atomic mass is 28.2. The van der Waals surface area contributed by atoms with Crippen molar-refractivity contribution in [1.82, 2.24) is 0 Å². The number of ether oxygens (including phenoxy) is 1. The first kappa shape index (κ1) is 12.9. The number of rotatable bonds is 5.